The molecule has 1 aliphatic carbocycles. The summed E-state index contributed by atoms with van der Waals surface area (Å²) < 4.78 is 36.5. The highest BCUT2D eigenvalue weighted by Gasteiger charge is 2.40. The van der Waals surface area contributed by atoms with Crippen molar-refractivity contribution >= 4 is 9.84 Å². The maximum atomic E-state index is 13.8. The number of phenolic OH excluding ortho intramolecular Hbond substituents is 1. The van der Waals surface area contributed by atoms with Crippen LogP contribution in [-0.4, -0.2) is 26.3 Å². The molecule has 1 aliphatic rings. The highest BCUT2D eigenvalue weighted by molar-refractivity contribution is 7.90. The van der Waals surface area contributed by atoms with Gasteiger partial charge >= 0.3 is 0 Å². The van der Waals surface area contributed by atoms with Crippen LogP contribution in [0.4, 0.5) is 4.39 Å². The lowest BCUT2D eigenvalue weighted by atomic mass is 9.64. The largest absolute Gasteiger partial charge is 0.508 e. The van der Waals surface area contributed by atoms with Gasteiger partial charge in [-0.05, 0) is 18.9 Å². The molecule has 2 rings (SSSR count). The Labute approximate surface area is 106 Å². The van der Waals surface area contributed by atoms with Gasteiger partial charge in [-0.1, -0.05) is 6.42 Å². The van der Waals surface area contributed by atoms with E-state index >= 15 is 0 Å². The minimum atomic E-state index is -3.68. The Hall–Kier alpha value is -1.14. The monoisotopic (exact) mass is 273 g/mol. The fourth-order valence-corrected chi connectivity index (χ4v) is 3.18. The molecule has 0 heterocycles. The fraction of sp³-hybridized carbons (Fsp3) is 0.500. The first-order valence-corrected chi connectivity index (χ1v) is 7.62. The van der Waals surface area contributed by atoms with Crippen molar-refractivity contribution in [3.8, 4) is 5.75 Å². The maximum absolute atomic E-state index is 13.8. The smallest absolute Gasteiger partial charge is 0.178 e. The van der Waals surface area contributed by atoms with Gasteiger partial charge in [-0.15, -0.1) is 0 Å². The van der Waals surface area contributed by atoms with Gasteiger partial charge in [-0.2, -0.15) is 0 Å². The Morgan fingerprint density at radius 2 is 2.06 bits per heavy atom. The molecule has 1 aromatic carbocycles. The van der Waals surface area contributed by atoms with Gasteiger partial charge in [-0.25, -0.2) is 12.8 Å². The lowest BCUT2D eigenvalue weighted by Crippen LogP contribution is -2.41. The summed E-state index contributed by atoms with van der Waals surface area (Å²) in [6.45, 7) is 0.318. The number of aromatic hydroxyl groups is 1. The van der Waals surface area contributed by atoms with Gasteiger partial charge < -0.3 is 10.8 Å². The summed E-state index contributed by atoms with van der Waals surface area (Å²) in [6, 6.07) is 2.09. The van der Waals surface area contributed by atoms with E-state index in [1.165, 1.54) is 0 Å². The van der Waals surface area contributed by atoms with E-state index in [4.69, 9.17) is 5.73 Å². The minimum absolute atomic E-state index is 0.193. The number of phenols is 1. The van der Waals surface area contributed by atoms with Gasteiger partial charge in [0.05, 0.1) is 0 Å². The third kappa shape index (κ3) is 1.99. The molecule has 18 heavy (non-hydrogen) atoms. The molecule has 0 aromatic heterocycles. The summed E-state index contributed by atoms with van der Waals surface area (Å²) in [5, 5.41) is 9.92. The number of hydrogen-bond donors (Lipinski definition) is 2. The van der Waals surface area contributed by atoms with Crippen molar-refractivity contribution < 1.29 is 17.9 Å². The Balaban J connectivity index is 2.57. The van der Waals surface area contributed by atoms with Gasteiger partial charge in [0.2, 0.25) is 0 Å². The topological polar surface area (TPSA) is 80.4 Å². The van der Waals surface area contributed by atoms with E-state index in [1.807, 2.05) is 0 Å². The molecule has 0 bridgehead atoms. The number of benzene rings is 1. The van der Waals surface area contributed by atoms with Crippen LogP contribution >= 0.6 is 0 Å². The molecular weight excluding hydrogens is 257 g/mol. The number of sulfone groups is 1. The summed E-state index contributed by atoms with van der Waals surface area (Å²) >= 11 is 0. The first kappa shape index (κ1) is 13.3. The van der Waals surface area contributed by atoms with Crippen molar-refractivity contribution in [2.45, 2.75) is 29.6 Å². The highest BCUT2D eigenvalue weighted by Crippen LogP contribution is 2.46. The third-order valence-corrected chi connectivity index (χ3v) is 4.83. The average molecular weight is 273 g/mol. The zero-order valence-electron chi connectivity index (χ0n) is 10.1. The number of halogens is 1. The molecule has 0 unspecified atom stereocenters. The van der Waals surface area contributed by atoms with E-state index in [-0.39, 0.29) is 5.75 Å². The first-order valence-electron chi connectivity index (χ1n) is 5.73. The van der Waals surface area contributed by atoms with E-state index in [9.17, 15) is 17.9 Å². The zero-order valence-corrected chi connectivity index (χ0v) is 10.9. The number of rotatable bonds is 3. The molecule has 0 atom stereocenters. The zero-order chi connectivity index (χ0) is 13.6. The van der Waals surface area contributed by atoms with Crippen LogP contribution < -0.4 is 5.73 Å². The van der Waals surface area contributed by atoms with Crippen LogP contribution in [0, 0.1) is 5.82 Å². The van der Waals surface area contributed by atoms with Gasteiger partial charge in [0, 0.05) is 29.8 Å². The van der Waals surface area contributed by atoms with E-state index in [0.717, 1.165) is 37.7 Å². The Morgan fingerprint density at radius 3 is 2.44 bits per heavy atom. The van der Waals surface area contributed by atoms with E-state index in [0.29, 0.717) is 12.1 Å². The third-order valence-electron chi connectivity index (χ3n) is 3.72. The van der Waals surface area contributed by atoms with Crippen molar-refractivity contribution in [3.05, 3.63) is 23.5 Å². The molecule has 1 saturated carbocycles. The van der Waals surface area contributed by atoms with Crippen LogP contribution in [0.5, 0.6) is 5.75 Å². The molecule has 1 aromatic rings. The standard InChI is InChI=1S/C12H16FNO3S/c1-18(16,17)11-6-10(15)8(5-9(11)13)12(7-14)3-2-4-12/h5-6,15H,2-4,7,14H2,1H3. The van der Waals surface area contributed by atoms with Crippen LogP contribution in [0.3, 0.4) is 0 Å². The van der Waals surface area contributed by atoms with Crippen molar-refractivity contribution in [1.82, 2.24) is 0 Å². The summed E-state index contributed by atoms with van der Waals surface area (Å²) in [7, 11) is -3.68. The average Bonchev–Trinajstić information content (AvgIpc) is 2.20. The number of hydrogen-bond acceptors (Lipinski definition) is 4. The molecule has 6 heteroatoms. The van der Waals surface area contributed by atoms with E-state index < -0.39 is 26.0 Å². The van der Waals surface area contributed by atoms with Crippen LogP contribution in [0.1, 0.15) is 24.8 Å². The molecule has 1 fully saturated rings. The van der Waals surface area contributed by atoms with Gasteiger partial charge in [0.25, 0.3) is 0 Å². The molecule has 3 N–H and O–H groups in total. The highest BCUT2D eigenvalue weighted by atomic mass is 32.2. The Kier molecular flexibility index (Phi) is 3.11. The normalized spacial score (nSPS) is 18.4. The van der Waals surface area contributed by atoms with Crippen LogP contribution in [0.25, 0.3) is 0 Å². The lowest BCUT2D eigenvalue weighted by Gasteiger charge is -2.41. The predicted octanol–water partition coefficient (Wildman–Crippen LogP) is 1.32. The maximum Gasteiger partial charge on any atom is 0.178 e. The van der Waals surface area contributed by atoms with Gasteiger partial charge in [-0.3, -0.25) is 0 Å². The molecule has 0 spiro atoms. The SMILES string of the molecule is CS(=O)(=O)c1cc(O)c(C2(CN)CCC2)cc1F. The predicted molar refractivity (Wildman–Crippen MR) is 65.8 cm³/mol. The van der Waals surface area contributed by atoms with Crippen molar-refractivity contribution in [3.63, 3.8) is 0 Å². The molecule has 0 aliphatic heterocycles. The molecule has 100 valence electrons. The van der Waals surface area contributed by atoms with Crippen LogP contribution in [0.15, 0.2) is 17.0 Å². The lowest BCUT2D eigenvalue weighted by molar-refractivity contribution is 0.243. The second-order valence-corrected chi connectivity index (χ2v) is 6.89. The summed E-state index contributed by atoms with van der Waals surface area (Å²) in [5.74, 6) is -1.02. The van der Waals surface area contributed by atoms with Gasteiger partial charge in [0.15, 0.2) is 9.84 Å². The molecule has 4 nitrogen and oxygen atoms in total. The van der Waals surface area contributed by atoms with E-state index in [1.54, 1.807) is 0 Å². The summed E-state index contributed by atoms with van der Waals surface area (Å²) in [5.41, 5.74) is 5.71. The van der Waals surface area contributed by atoms with E-state index in [2.05, 4.69) is 0 Å². The van der Waals surface area contributed by atoms with Gasteiger partial charge in [0.1, 0.15) is 16.5 Å². The number of nitrogens with two attached hydrogens (primary N) is 1. The first-order chi connectivity index (χ1) is 8.30. The summed E-state index contributed by atoms with van der Waals surface area (Å²) in [6.07, 6.45) is 3.46. The summed E-state index contributed by atoms with van der Waals surface area (Å²) in [4.78, 5) is -0.477. The molecule has 0 saturated heterocycles. The Bertz CT molecular complexity index is 574. The molecular formula is C12H16FNO3S. The Morgan fingerprint density at radius 1 is 1.44 bits per heavy atom. The fourth-order valence-electron chi connectivity index (χ4n) is 2.44. The van der Waals surface area contributed by atoms with Crippen LogP contribution in [-0.2, 0) is 15.3 Å². The molecule has 0 radical (unpaired) electrons. The quantitative estimate of drug-likeness (QED) is 0.870. The second kappa shape index (κ2) is 4.20. The van der Waals surface area contributed by atoms with Crippen molar-refractivity contribution in [1.29, 1.82) is 0 Å². The minimum Gasteiger partial charge on any atom is -0.508 e. The van der Waals surface area contributed by atoms with Crippen molar-refractivity contribution in [2.24, 2.45) is 5.73 Å². The second-order valence-electron chi connectivity index (χ2n) is 4.91. The molecule has 0 amide bonds. The van der Waals surface area contributed by atoms with Crippen molar-refractivity contribution in [2.75, 3.05) is 12.8 Å². The van der Waals surface area contributed by atoms with Crippen LogP contribution in [0.2, 0.25) is 0 Å².